The van der Waals surface area contributed by atoms with Crippen molar-refractivity contribution in [1.29, 1.82) is 0 Å². The predicted molar refractivity (Wildman–Crippen MR) is 68.0 cm³/mol. The number of aromatic nitrogens is 1. The summed E-state index contributed by atoms with van der Waals surface area (Å²) in [4.78, 5) is 3.41. The lowest BCUT2D eigenvalue weighted by Gasteiger charge is -2.08. The van der Waals surface area contributed by atoms with Gasteiger partial charge in [-0.05, 0) is 38.0 Å². The molecule has 78 valence electrons. The summed E-state index contributed by atoms with van der Waals surface area (Å²) in [5.41, 5.74) is 4.86. The summed E-state index contributed by atoms with van der Waals surface area (Å²) in [7, 11) is 0. The third kappa shape index (κ3) is 1.70. The predicted octanol–water partition coefficient (Wildman–Crippen LogP) is 4.08. The number of aromatic amines is 1. The first kappa shape index (κ1) is 10.4. The van der Waals surface area contributed by atoms with Gasteiger partial charge >= 0.3 is 0 Å². The Morgan fingerprint density at radius 3 is 2.67 bits per heavy atom. The van der Waals surface area contributed by atoms with Crippen LogP contribution < -0.4 is 0 Å². The van der Waals surface area contributed by atoms with Crippen LogP contribution in [0.15, 0.2) is 18.2 Å². The molecule has 0 radical (unpaired) electrons. The van der Waals surface area contributed by atoms with E-state index in [4.69, 9.17) is 12.2 Å². The fourth-order valence-corrected chi connectivity index (χ4v) is 2.46. The van der Waals surface area contributed by atoms with E-state index in [1.165, 1.54) is 22.2 Å². The summed E-state index contributed by atoms with van der Waals surface area (Å²) in [5, 5.41) is 1.17. The molecule has 0 unspecified atom stereocenters. The highest BCUT2D eigenvalue weighted by Crippen LogP contribution is 2.20. The molecule has 2 rings (SSSR count). The van der Waals surface area contributed by atoms with Crippen LogP contribution in [-0.4, -0.2) is 4.98 Å². The Labute approximate surface area is 95.2 Å². The zero-order valence-electron chi connectivity index (χ0n) is 9.35. The molecule has 0 aliphatic carbocycles. The van der Waals surface area contributed by atoms with Crippen molar-refractivity contribution in [1.82, 2.24) is 4.98 Å². The average Bonchev–Trinajstić information content (AvgIpc) is 2.20. The van der Waals surface area contributed by atoms with E-state index in [1.807, 2.05) is 0 Å². The van der Waals surface area contributed by atoms with Gasteiger partial charge in [0.25, 0.3) is 0 Å². The first-order valence-electron chi connectivity index (χ1n) is 5.25. The Morgan fingerprint density at radius 2 is 2.00 bits per heavy atom. The number of fused-ring (bicyclic) bond motifs is 1. The third-order valence-electron chi connectivity index (χ3n) is 2.82. The first-order valence-corrected chi connectivity index (χ1v) is 5.66. The zero-order valence-corrected chi connectivity index (χ0v) is 10.2. The van der Waals surface area contributed by atoms with Gasteiger partial charge in [-0.2, -0.15) is 0 Å². The fraction of sp³-hybridized carbons (Fsp3) is 0.308. The molecule has 0 saturated heterocycles. The van der Waals surface area contributed by atoms with Crippen LogP contribution in [0.3, 0.4) is 0 Å². The van der Waals surface area contributed by atoms with Crippen LogP contribution in [-0.2, 0) is 6.42 Å². The summed E-state index contributed by atoms with van der Waals surface area (Å²) < 4.78 is 1.01. The minimum absolute atomic E-state index is 0.991. The highest BCUT2D eigenvalue weighted by atomic mass is 32.1. The fourth-order valence-electron chi connectivity index (χ4n) is 1.99. The summed E-state index contributed by atoms with van der Waals surface area (Å²) in [6.45, 7) is 6.33. The molecular weight excluding hydrogens is 202 g/mol. The second-order valence-electron chi connectivity index (χ2n) is 3.96. The van der Waals surface area contributed by atoms with Crippen LogP contribution in [0.2, 0.25) is 0 Å². The molecule has 1 aromatic heterocycles. The van der Waals surface area contributed by atoms with Crippen molar-refractivity contribution in [3.8, 4) is 0 Å². The van der Waals surface area contributed by atoms with Crippen molar-refractivity contribution in [2.75, 3.05) is 0 Å². The first-order chi connectivity index (χ1) is 7.13. The number of aryl methyl sites for hydroxylation is 2. The van der Waals surface area contributed by atoms with E-state index in [0.717, 1.165) is 16.4 Å². The van der Waals surface area contributed by atoms with E-state index in [9.17, 15) is 0 Å². The number of nitrogens with one attached hydrogen (secondary N) is 1. The maximum atomic E-state index is 5.52. The summed E-state index contributed by atoms with van der Waals surface area (Å²) >= 11 is 5.52. The van der Waals surface area contributed by atoms with E-state index in [0.29, 0.717) is 0 Å². The molecule has 1 N–H and O–H groups in total. The number of hydrogen-bond donors (Lipinski definition) is 1. The molecule has 1 aromatic carbocycles. The molecule has 0 fully saturated rings. The number of rotatable bonds is 1. The van der Waals surface area contributed by atoms with Crippen molar-refractivity contribution >= 4 is 23.1 Å². The maximum absolute atomic E-state index is 5.52. The minimum atomic E-state index is 0.991. The van der Waals surface area contributed by atoms with Gasteiger partial charge in [0, 0.05) is 16.6 Å². The van der Waals surface area contributed by atoms with Gasteiger partial charge in [-0.15, -0.1) is 0 Å². The summed E-state index contributed by atoms with van der Waals surface area (Å²) in [6, 6.07) is 6.37. The summed E-state index contributed by atoms with van der Waals surface area (Å²) in [6.07, 6.45) is 0.991. The molecule has 0 aliphatic rings. The van der Waals surface area contributed by atoms with Crippen LogP contribution >= 0.6 is 12.2 Å². The van der Waals surface area contributed by atoms with Crippen molar-refractivity contribution < 1.29 is 0 Å². The topological polar surface area (TPSA) is 15.8 Å². The van der Waals surface area contributed by atoms with Gasteiger partial charge in [0.2, 0.25) is 0 Å². The molecule has 0 spiro atoms. The Hall–Kier alpha value is -1.15. The lowest BCUT2D eigenvalue weighted by molar-refractivity contribution is 1.06. The lowest BCUT2D eigenvalue weighted by Crippen LogP contribution is -1.94. The second-order valence-corrected chi connectivity index (χ2v) is 4.37. The molecule has 0 amide bonds. The maximum Gasteiger partial charge on any atom is 0.0519 e. The van der Waals surface area contributed by atoms with Crippen LogP contribution in [0.5, 0.6) is 0 Å². The van der Waals surface area contributed by atoms with E-state index >= 15 is 0 Å². The molecule has 0 bridgehead atoms. The lowest BCUT2D eigenvalue weighted by atomic mass is 10.1. The zero-order chi connectivity index (χ0) is 11.0. The van der Waals surface area contributed by atoms with Crippen LogP contribution in [0.1, 0.15) is 23.7 Å². The molecule has 2 aromatic rings. The number of benzene rings is 1. The molecule has 15 heavy (non-hydrogen) atoms. The normalized spacial score (nSPS) is 10.9. The number of pyridine rings is 1. The summed E-state index contributed by atoms with van der Waals surface area (Å²) in [5.74, 6) is 0. The molecule has 0 saturated carbocycles. The van der Waals surface area contributed by atoms with E-state index < -0.39 is 0 Å². The standard InChI is InChI=1S/C13H15NS/c1-4-10-9(3)14-12-6-5-8(2)7-11(12)13(10)15/h5-7H,4H2,1-3H3,(H,14,15). The molecule has 1 nitrogen and oxygen atoms in total. The van der Waals surface area contributed by atoms with E-state index in [1.54, 1.807) is 0 Å². The Balaban J connectivity index is 2.92. The van der Waals surface area contributed by atoms with Crippen molar-refractivity contribution in [3.63, 3.8) is 0 Å². The van der Waals surface area contributed by atoms with Gasteiger partial charge < -0.3 is 4.98 Å². The van der Waals surface area contributed by atoms with Gasteiger partial charge in [0.1, 0.15) is 0 Å². The van der Waals surface area contributed by atoms with E-state index in [2.05, 4.69) is 44.0 Å². The van der Waals surface area contributed by atoms with Crippen molar-refractivity contribution in [2.24, 2.45) is 0 Å². The minimum Gasteiger partial charge on any atom is -0.358 e. The number of H-pyrrole nitrogens is 1. The van der Waals surface area contributed by atoms with Crippen molar-refractivity contribution in [3.05, 3.63) is 39.5 Å². The van der Waals surface area contributed by atoms with Crippen molar-refractivity contribution in [2.45, 2.75) is 27.2 Å². The highest BCUT2D eigenvalue weighted by molar-refractivity contribution is 7.71. The largest absolute Gasteiger partial charge is 0.358 e. The van der Waals surface area contributed by atoms with Gasteiger partial charge in [0.15, 0.2) is 0 Å². The highest BCUT2D eigenvalue weighted by Gasteiger charge is 2.04. The van der Waals surface area contributed by atoms with E-state index in [-0.39, 0.29) is 0 Å². The van der Waals surface area contributed by atoms with Gasteiger partial charge in [-0.25, -0.2) is 0 Å². The molecular formula is C13H15NS. The molecule has 0 atom stereocenters. The van der Waals surface area contributed by atoms with Gasteiger partial charge in [-0.3, -0.25) is 0 Å². The number of hydrogen-bond acceptors (Lipinski definition) is 1. The average molecular weight is 217 g/mol. The Bertz CT molecular complexity index is 566. The smallest absolute Gasteiger partial charge is 0.0519 e. The molecule has 2 heteroatoms. The van der Waals surface area contributed by atoms with Crippen LogP contribution in [0, 0.1) is 18.4 Å². The third-order valence-corrected chi connectivity index (χ3v) is 3.29. The quantitative estimate of drug-likeness (QED) is 0.712. The SMILES string of the molecule is CCc1c(C)[nH]c2ccc(C)cc2c1=S. The Morgan fingerprint density at radius 1 is 1.27 bits per heavy atom. The molecule has 1 heterocycles. The van der Waals surface area contributed by atoms with Crippen LogP contribution in [0.25, 0.3) is 10.9 Å². The van der Waals surface area contributed by atoms with Gasteiger partial charge in [0.05, 0.1) is 4.51 Å². The van der Waals surface area contributed by atoms with Gasteiger partial charge in [-0.1, -0.05) is 30.8 Å². The monoisotopic (exact) mass is 217 g/mol. The second kappa shape index (κ2) is 3.78. The van der Waals surface area contributed by atoms with Crippen LogP contribution in [0.4, 0.5) is 0 Å². The Kier molecular flexibility index (Phi) is 2.61. The molecule has 0 aliphatic heterocycles.